The fraction of sp³-hybridized carbons (Fsp3) is 0.211. The van der Waals surface area contributed by atoms with E-state index in [1.165, 1.54) is 17.3 Å². The predicted octanol–water partition coefficient (Wildman–Crippen LogP) is 2.89. The summed E-state index contributed by atoms with van der Waals surface area (Å²) < 4.78 is 3.29. The van der Waals surface area contributed by atoms with E-state index in [0.717, 1.165) is 16.8 Å². The van der Waals surface area contributed by atoms with Crippen molar-refractivity contribution in [3.63, 3.8) is 0 Å². The highest BCUT2D eigenvalue weighted by molar-refractivity contribution is 7.98. The predicted molar refractivity (Wildman–Crippen MR) is 104 cm³/mol. The van der Waals surface area contributed by atoms with E-state index >= 15 is 0 Å². The van der Waals surface area contributed by atoms with E-state index in [1.807, 2.05) is 31.2 Å². The molecule has 0 bridgehead atoms. The van der Waals surface area contributed by atoms with E-state index in [9.17, 15) is 4.79 Å². The van der Waals surface area contributed by atoms with Crippen molar-refractivity contribution >= 4 is 17.4 Å². The van der Waals surface area contributed by atoms with Crippen LogP contribution in [0.25, 0.3) is 11.3 Å². The molecule has 0 aliphatic heterocycles. The first-order chi connectivity index (χ1) is 13.0. The Labute approximate surface area is 160 Å². The molecule has 0 aliphatic carbocycles. The number of nitrogens with zero attached hydrogens (tertiary/aromatic N) is 6. The molecule has 136 valence electrons. The lowest BCUT2D eigenvalue weighted by Gasteiger charge is -2.09. The fourth-order valence-electron chi connectivity index (χ4n) is 2.91. The van der Waals surface area contributed by atoms with Crippen molar-refractivity contribution in [3.8, 4) is 5.69 Å². The van der Waals surface area contributed by atoms with Crippen molar-refractivity contribution in [1.29, 1.82) is 0 Å². The molecule has 0 saturated carbocycles. The van der Waals surface area contributed by atoms with Crippen LogP contribution in [0.1, 0.15) is 22.4 Å². The number of hydrogen-bond donors (Lipinski definition) is 0. The number of aryl methyl sites for hydroxylation is 2. The average Bonchev–Trinajstić information content (AvgIpc) is 3.11. The molecule has 0 atom stereocenters. The molecule has 0 spiro atoms. The lowest BCUT2D eigenvalue weighted by molar-refractivity contribution is 0.751. The van der Waals surface area contributed by atoms with Gasteiger partial charge in [-0.3, -0.25) is 9.20 Å². The minimum atomic E-state index is -0.0894. The number of thioether (sulfide) groups is 1. The Morgan fingerprint density at radius 3 is 2.74 bits per heavy atom. The largest absolute Gasteiger partial charge is 0.269 e. The van der Waals surface area contributed by atoms with Crippen LogP contribution in [0.2, 0.25) is 0 Å². The molecule has 0 aliphatic rings. The maximum atomic E-state index is 12.4. The van der Waals surface area contributed by atoms with Gasteiger partial charge in [0.15, 0.2) is 0 Å². The first-order valence-corrected chi connectivity index (χ1v) is 9.49. The van der Waals surface area contributed by atoms with E-state index in [4.69, 9.17) is 0 Å². The Balaban J connectivity index is 1.65. The highest BCUT2D eigenvalue weighted by Crippen LogP contribution is 2.24. The molecule has 0 fully saturated rings. The van der Waals surface area contributed by atoms with Crippen molar-refractivity contribution in [2.24, 2.45) is 0 Å². The van der Waals surface area contributed by atoms with Gasteiger partial charge >= 0.3 is 0 Å². The van der Waals surface area contributed by atoms with Gasteiger partial charge in [-0.1, -0.05) is 30.0 Å². The van der Waals surface area contributed by atoms with Crippen LogP contribution in [0.5, 0.6) is 0 Å². The van der Waals surface area contributed by atoms with Crippen LogP contribution in [0.15, 0.2) is 52.5 Å². The lowest BCUT2D eigenvalue weighted by atomic mass is 10.1. The Bertz CT molecular complexity index is 1200. The Kier molecular flexibility index (Phi) is 4.49. The Morgan fingerprint density at radius 2 is 1.89 bits per heavy atom. The number of benzene rings is 1. The number of rotatable bonds is 4. The van der Waals surface area contributed by atoms with Crippen molar-refractivity contribution in [1.82, 2.24) is 29.6 Å². The first-order valence-electron chi connectivity index (χ1n) is 8.50. The second-order valence-electron chi connectivity index (χ2n) is 6.35. The minimum absolute atomic E-state index is 0.0894. The summed E-state index contributed by atoms with van der Waals surface area (Å²) in [7, 11) is 0. The molecule has 3 heterocycles. The standard InChI is InChI=1S/C19H18N6OS/c1-12-6-4-8-16(14(12)3)25-19(21-22-23-25)27-11-15-10-17(26)24-9-5-7-13(2)18(24)20-15/h4-10H,11H2,1-3H3. The average molecular weight is 378 g/mol. The summed E-state index contributed by atoms with van der Waals surface area (Å²) in [6.45, 7) is 6.06. The minimum Gasteiger partial charge on any atom is -0.269 e. The Morgan fingerprint density at radius 1 is 1.07 bits per heavy atom. The summed E-state index contributed by atoms with van der Waals surface area (Å²) in [6.07, 6.45) is 1.73. The molecule has 1 aromatic carbocycles. The number of aromatic nitrogens is 6. The zero-order chi connectivity index (χ0) is 19.0. The Hall–Kier alpha value is -3.00. The van der Waals surface area contributed by atoms with Gasteiger partial charge in [-0.05, 0) is 60.0 Å². The van der Waals surface area contributed by atoms with Gasteiger partial charge in [0.1, 0.15) is 5.65 Å². The molecule has 3 aromatic heterocycles. The highest BCUT2D eigenvalue weighted by atomic mass is 32.2. The van der Waals surface area contributed by atoms with E-state index in [1.54, 1.807) is 21.3 Å². The van der Waals surface area contributed by atoms with Crippen molar-refractivity contribution in [2.75, 3.05) is 0 Å². The molecule has 0 amide bonds. The third kappa shape index (κ3) is 3.23. The summed E-state index contributed by atoms with van der Waals surface area (Å²) in [4.78, 5) is 17.0. The molecule has 7 nitrogen and oxygen atoms in total. The van der Waals surface area contributed by atoms with Gasteiger partial charge in [-0.25, -0.2) is 4.98 Å². The van der Waals surface area contributed by atoms with Crippen LogP contribution >= 0.6 is 11.8 Å². The van der Waals surface area contributed by atoms with Crippen LogP contribution in [0, 0.1) is 20.8 Å². The third-order valence-electron chi connectivity index (χ3n) is 4.53. The van der Waals surface area contributed by atoms with Crippen LogP contribution in [0.4, 0.5) is 0 Å². The topological polar surface area (TPSA) is 78.0 Å². The molecule has 4 aromatic rings. The van der Waals surface area contributed by atoms with Gasteiger partial charge in [0.2, 0.25) is 5.16 Å². The zero-order valence-electron chi connectivity index (χ0n) is 15.2. The fourth-order valence-corrected chi connectivity index (χ4v) is 3.68. The molecule has 8 heteroatoms. The number of hydrogen-bond acceptors (Lipinski definition) is 6. The summed E-state index contributed by atoms with van der Waals surface area (Å²) in [5, 5.41) is 12.7. The first kappa shape index (κ1) is 17.4. The van der Waals surface area contributed by atoms with Crippen molar-refractivity contribution in [3.05, 3.63) is 75.3 Å². The zero-order valence-corrected chi connectivity index (χ0v) is 16.1. The molecular formula is C19H18N6OS. The number of pyridine rings is 1. The molecule has 0 saturated heterocycles. The summed E-state index contributed by atoms with van der Waals surface area (Å²) in [5.74, 6) is 0.505. The van der Waals surface area contributed by atoms with Crippen molar-refractivity contribution in [2.45, 2.75) is 31.7 Å². The highest BCUT2D eigenvalue weighted by Gasteiger charge is 2.13. The van der Waals surface area contributed by atoms with Crippen LogP contribution in [0.3, 0.4) is 0 Å². The lowest BCUT2D eigenvalue weighted by Crippen LogP contribution is -2.15. The van der Waals surface area contributed by atoms with E-state index in [-0.39, 0.29) is 5.56 Å². The number of fused-ring (bicyclic) bond motifs is 1. The monoisotopic (exact) mass is 378 g/mol. The van der Waals surface area contributed by atoms with Gasteiger partial charge in [0, 0.05) is 18.0 Å². The van der Waals surface area contributed by atoms with Gasteiger partial charge < -0.3 is 0 Å². The van der Waals surface area contributed by atoms with Crippen LogP contribution < -0.4 is 5.56 Å². The van der Waals surface area contributed by atoms with Gasteiger partial charge in [0.05, 0.1) is 11.4 Å². The normalized spacial score (nSPS) is 11.2. The van der Waals surface area contributed by atoms with Crippen LogP contribution in [-0.4, -0.2) is 29.6 Å². The molecule has 0 N–H and O–H groups in total. The van der Waals surface area contributed by atoms with Gasteiger partial charge in [0.25, 0.3) is 5.56 Å². The number of tetrazole rings is 1. The maximum absolute atomic E-state index is 12.4. The summed E-state index contributed by atoms with van der Waals surface area (Å²) in [5.41, 5.74) is 5.51. The molecule has 27 heavy (non-hydrogen) atoms. The smallest absolute Gasteiger partial charge is 0.258 e. The molecular weight excluding hydrogens is 360 g/mol. The quantitative estimate of drug-likeness (QED) is 0.508. The maximum Gasteiger partial charge on any atom is 0.258 e. The van der Waals surface area contributed by atoms with E-state index < -0.39 is 0 Å². The molecule has 0 radical (unpaired) electrons. The van der Waals surface area contributed by atoms with Gasteiger partial charge in [-0.15, -0.1) is 5.10 Å². The summed E-state index contributed by atoms with van der Waals surface area (Å²) >= 11 is 1.46. The van der Waals surface area contributed by atoms with E-state index in [0.29, 0.717) is 22.3 Å². The molecule has 0 unspecified atom stereocenters. The second kappa shape index (κ2) is 6.96. The third-order valence-corrected chi connectivity index (χ3v) is 5.49. The van der Waals surface area contributed by atoms with Crippen molar-refractivity contribution < 1.29 is 0 Å². The van der Waals surface area contributed by atoms with Gasteiger partial charge in [-0.2, -0.15) is 4.68 Å². The SMILES string of the molecule is Cc1cccc(-n2nnnc2SCc2cc(=O)n3cccc(C)c3n2)c1C. The summed E-state index contributed by atoms with van der Waals surface area (Å²) in [6, 6.07) is 11.4. The second-order valence-corrected chi connectivity index (χ2v) is 7.29. The van der Waals surface area contributed by atoms with E-state index in [2.05, 4.69) is 40.4 Å². The molecule has 4 rings (SSSR count). The van der Waals surface area contributed by atoms with Crippen LogP contribution in [-0.2, 0) is 5.75 Å².